The number of rotatable bonds is 4. The third-order valence-electron chi connectivity index (χ3n) is 3.43. The molecule has 1 aromatic rings. The van der Waals surface area contributed by atoms with Gasteiger partial charge < -0.3 is 15.2 Å². The molecule has 0 bridgehead atoms. The van der Waals surface area contributed by atoms with E-state index in [-0.39, 0.29) is 23.3 Å². The van der Waals surface area contributed by atoms with Crippen molar-refractivity contribution >= 4 is 9.84 Å². The Morgan fingerprint density at radius 1 is 1.45 bits per heavy atom. The highest BCUT2D eigenvalue weighted by atomic mass is 32.2. The van der Waals surface area contributed by atoms with E-state index >= 15 is 0 Å². The van der Waals surface area contributed by atoms with E-state index in [0.29, 0.717) is 5.56 Å². The standard InChI is InChI=1S/C13H18FNO4S/c1-8(15-2)10-4-3-9(5-11(10)14)19-13-7-20(17,18)6-12(13)16/h3-5,8,12-13,15-16H,6-7H2,1-2H3. The molecule has 0 radical (unpaired) electrons. The minimum absolute atomic E-state index is 0.138. The summed E-state index contributed by atoms with van der Waals surface area (Å²) in [5, 5.41) is 12.6. The molecule has 1 fully saturated rings. The van der Waals surface area contributed by atoms with Crippen molar-refractivity contribution < 1.29 is 22.7 Å². The van der Waals surface area contributed by atoms with Gasteiger partial charge >= 0.3 is 0 Å². The second-order valence-electron chi connectivity index (χ2n) is 4.99. The van der Waals surface area contributed by atoms with E-state index in [1.54, 1.807) is 19.2 Å². The van der Waals surface area contributed by atoms with Crippen LogP contribution in [0.3, 0.4) is 0 Å². The number of benzene rings is 1. The lowest BCUT2D eigenvalue weighted by Gasteiger charge is -2.17. The fourth-order valence-corrected chi connectivity index (χ4v) is 3.83. The Bertz CT molecular complexity index is 590. The van der Waals surface area contributed by atoms with Gasteiger partial charge in [-0.2, -0.15) is 0 Å². The molecule has 7 heteroatoms. The molecule has 0 amide bonds. The van der Waals surface area contributed by atoms with Crippen LogP contribution in [0.4, 0.5) is 4.39 Å². The predicted octanol–water partition coefficient (Wildman–Crippen LogP) is 0.643. The number of nitrogens with one attached hydrogen (secondary N) is 1. The first-order valence-corrected chi connectivity index (χ1v) is 8.16. The molecule has 3 unspecified atom stereocenters. The van der Waals surface area contributed by atoms with E-state index in [4.69, 9.17) is 4.74 Å². The average Bonchev–Trinajstić information content (AvgIpc) is 2.61. The van der Waals surface area contributed by atoms with E-state index < -0.39 is 27.9 Å². The molecule has 0 aliphatic carbocycles. The molecule has 1 aliphatic heterocycles. The number of halogens is 1. The van der Waals surface area contributed by atoms with Gasteiger partial charge in [-0.15, -0.1) is 0 Å². The maximum Gasteiger partial charge on any atom is 0.156 e. The predicted molar refractivity (Wildman–Crippen MR) is 73.0 cm³/mol. The van der Waals surface area contributed by atoms with Gasteiger partial charge in [-0.25, -0.2) is 12.8 Å². The third-order valence-corrected chi connectivity index (χ3v) is 5.12. The van der Waals surface area contributed by atoms with Crippen molar-refractivity contribution in [3.63, 3.8) is 0 Å². The summed E-state index contributed by atoms with van der Waals surface area (Å²) in [6.45, 7) is 1.83. The third kappa shape index (κ3) is 3.28. The minimum Gasteiger partial charge on any atom is -0.487 e. The Morgan fingerprint density at radius 2 is 2.15 bits per heavy atom. The van der Waals surface area contributed by atoms with Crippen molar-refractivity contribution in [3.8, 4) is 5.75 Å². The lowest BCUT2D eigenvalue weighted by molar-refractivity contribution is 0.0735. The minimum atomic E-state index is -3.28. The van der Waals surface area contributed by atoms with Gasteiger partial charge in [0.25, 0.3) is 0 Å². The van der Waals surface area contributed by atoms with E-state index in [0.717, 1.165) is 0 Å². The molecule has 20 heavy (non-hydrogen) atoms. The Kier molecular flexibility index (Phi) is 4.31. The fraction of sp³-hybridized carbons (Fsp3) is 0.538. The fourth-order valence-electron chi connectivity index (χ4n) is 2.17. The van der Waals surface area contributed by atoms with Crippen molar-refractivity contribution in [1.82, 2.24) is 5.32 Å². The molecule has 1 aromatic carbocycles. The number of aliphatic hydroxyl groups is 1. The van der Waals surface area contributed by atoms with Crippen molar-refractivity contribution in [2.75, 3.05) is 18.6 Å². The summed E-state index contributed by atoms with van der Waals surface area (Å²) in [6, 6.07) is 4.23. The first-order chi connectivity index (χ1) is 9.32. The molecule has 1 heterocycles. The molecule has 0 spiro atoms. The summed E-state index contributed by atoms with van der Waals surface area (Å²) in [6.07, 6.45) is -1.91. The van der Waals surface area contributed by atoms with Gasteiger partial charge in [0.1, 0.15) is 23.8 Å². The summed E-state index contributed by atoms with van der Waals surface area (Å²) in [5.74, 6) is -0.769. The van der Waals surface area contributed by atoms with Crippen molar-refractivity contribution in [1.29, 1.82) is 0 Å². The molecule has 1 saturated heterocycles. The normalized spacial score (nSPS) is 26.4. The topological polar surface area (TPSA) is 75.6 Å². The Hall–Kier alpha value is -1.18. The summed E-state index contributed by atoms with van der Waals surface area (Å²) in [7, 11) is -1.55. The average molecular weight is 303 g/mol. The first kappa shape index (κ1) is 15.2. The number of hydrogen-bond acceptors (Lipinski definition) is 5. The van der Waals surface area contributed by atoms with Crippen LogP contribution in [-0.2, 0) is 9.84 Å². The molecule has 1 aliphatic rings. The van der Waals surface area contributed by atoms with Crippen molar-refractivity contribution in [2.24, 2.45) is 0 Å². The zero-order valence-corrected chi connectivity index (χ0v) is 12.2. The number of ether oxygens (including phenoxy) is 1. The van der Waals surface area contributed by atoms with Gasteiger partial charge in [0, 0.05) is 17.7 Å². The second kappa shape index (κ2) is 5.67. The second-order valence-corrected chi connectivity index (χ2v) is 7.15. The van der Waals surface area contributed by atoms with Crippen molar-refractivity contribution in [2.45, 2.75) is 25.2 Å². The lowest BCUT2D eigenvalue weighted by atomic mass is 10.1. The van der Waals surface area contributed by atoms with Crippen LogP contribution in [0, 0.1) is 5.82 Å². The monoisotopic (exact) mass is 303 g/mol. The number of sulfone groups is 1. The molecule has 112 valence electrons. The molecule has 5 nitrogen and oxygen atoms in total. The van der Waals surface area contributed by atoms with Crippen LogP contribution in [0.25, 0.3) is 0 Å². The van der Waals surface area contributed by atoms with Gasteiger partial charge in [0.15, 0.2) is 9.84 Å². The van der Waals surface area contributed by atoms with Crippen LogP contribution in [0.1, 0.15) is 18.5 Å². The van der Waals surface area contributed by atoms with E-state index in [1.807, 2.05) is 6.92 Å². The highest BCUT2D eigenvalue weighted by Crippen LogP contribution is 2.25. The van der Waals surface area contributed by atoms with Gasteiger partial charge in [0.05, 0.1) is 11.5 Å². The Balaban J connectivity index is 2.13. The molecule has 3 atom stereocenters. The zero-order valence-electron chi connectivity index (χ0n) is 11.3. The zero-order chi connectivity index (χ0) is 14.9. The maximum absolute atomic E-state index is 13.9. The van der Waals surface area contributed by atoms with E-state index in [1.165, 1.54) is 6.07 Å². The van der Waals surface area contributed by atoms with Crippen LogP contribution < -0.4 is 10.1 Å². The molecule has 2 N–H and O–H groups in total. The van der Waals surface area contributed by atoms with Gasteiger partial charge in [0.2, 0.25) is 0 Å². The molecule has 0 aromatic heterocycles. The summed E-state index contributed by atoms with van der Waals surface area (Å²) in [5.41, 5.74) is 0.499. The Labute approximate surface area is 117 Å². The van der Waals surface area contributed by atoms with Gasteiger partial charge in [-0.1, -0.05) is 6.07 Å². The molecular formula is C13H18FNO4S. The quantitative estimate of drug-likeness (QED) is 0.854. The first-order valence-electron chi connectivity index (χ1n) is 6.34. The van der Waals surface area contributed by atoms with E-state index in [2.05, 4.69) is 5.32 Å². The van der Waals surface area contributed by atoms with Crippen LogP contribution in [0.15, 0.2) is 18.2 Å². The van der Waals surface area contributed by atoms with Gasteiger partial charge in [-0.3, -0.25) is 0 Å². The largest absolute Gasteiger partial charge is 0.487 e. The van der Waals surface area contributed by atoms with Gasteiger partial charge in [-0.05, 0) is 20.0 Å². The molecular weight excluding hydrogens is 285 g/mol. The Morgan fingerprint density at radius 3 is 2.65 bits per heavy atom. The summed E-state index contributed by atoms with van der Waals surface area (Å²) >= 11 is 0. The summed E-state index contributed by atoms with van der Waals surface area (Å²) in [4.78, 5) is 0. The lowest BCUT2D eigenvalue weighted by Crippen LogP contribution is -2.29. The van der Waals surface area contributed by atoms with Crippen LogP contribution in [0.2, 0.25) is 0 Å². The molecule has 2 rings (SSSR count). The SMILES string of the molecule is CNC(C)c1ccc(OC2CS(=O)(=O)CC2O)cc1F. The maximum atomic E-state index is 13.9. The van der Waals surface area contributed by atoms with E-state index in [9.17, 15) is 17.9 Å². The van der Waals surface area contributed by atoms with Crippen LogP contribution in [-0.4, -0.2) is 44.3 Å². The number of aliphatic hydroxyl groups excluding tert-OH is 1. The molecule has 0 saturated carbocycles. The van der Waals surface area contributed by atoms with Crippen LogP contribution in [0.5, 0.6) is 5.75 Å². The smallest absolute Gasteiger partial charge is 0.156 e. The number of hydrogen-bond donors (Lipinski definition) is 2. The summed E-state index contributed by atoms with van der Waals surface area (Å²) < 4.78 is 42.0. The highest BCUT2D eigenvalue weighted by molar-refractivity contribution is 7.91. The van der Waals surface area contributed by atoms with Crippen molar-refractivity contribution in [3.05, 3.63) is 29.6 Å². The highest BCUT2D eigenvalue weighted by Gasteiger charge is 2.38. The van der Waals surface area contributed by atoms with Crippen LogP contribution >= 0.6 is 0 Å².